The molecule has 20 heavy (non-hydrogen) atoms. The number of rotatable bonds is 6. The van der Waals surface area contributed by atoms with Gasteiger partial charge in [-0.3, -0.25) is 9.59 Å². The van der Waals surface area contributed by atoms with Gasteiger partial charge in [0.25, 0.3) is 0 Å². The molecule has 0 aromatic carbocycles. The predicted molar refractivity (Wildman–Crippen MR) is 74.4 cm³/mol. The van der Waals surface area contributed by atoms with Crippen molar-refractivity contribution in [3.63, 3.8) is 0 Å². The highest BCUT2D eigenvalue weighted by atomic mass is 16.5. The molecule has 1 heterocycles. The number of carboxylic acids is 1. The van der Waals surface area contributed by atoms with E-state index < -0.39 is 5.97 Å². The van der Waals surface area contributed by atoms with E-state index in [1.165, 1.54) is 0 Å². The van der Waals surface area contributed by atoms with Crippen LogP contribution in [0.4, 0.5) is 0 Å². The Morgan fingerprint density at radius 1 is 1.35 bits per heavy atom. The summed E-state index contributed by atoms with van der Waals surface area (Å²) in [7, 11) is 1.69. The number of aliphatic carboxylic acids is 1. The Hall–Kier alpha value is -1.10. The van der Waals surface area contributed by atoms with Crippen LogP contribution < -0.4 is 0 Å². The summed E-state index contributed by atoms with van der Waals surface area (Å²) in [6.45, 7) is 1.52. The lowest BCUT2D eigenvalue weighted by atomic mass is 9.77. The summed E-state index contributed by atoms with van der Waals surface area (Å²) < 4.78 is 5.52. The third-order valence-electron chi connectivity index (χ3n) is 4.81. The molecule has 0 radical (unpaired) electrons. The fraction of sp³-hybridized carbons (Fsp3) is 0.867. The molecule has 5 nitrogen and oxygen atoms in total. The van der Waals surface area contributed by atoms with Crippen molar-refractivity contribution >= 4 is 11.9 Å². The van der Waals surface area contributed by atoms with Gasteiger partial charge in [-0.15, -0.1) is 0 Å². The minimum Gasteiger partial charge on any atom is -0.481 e. The van der Waals surface area contributed by atoms with Gasteiger partial charge in [0.05, 0.1) is 12.0 Å². The van der Waals surface area contributed by atoms with Gasteiger partial charge in [-0.25, -0.2) is 0 Å². The molecule has 2 rings (SSSR count). The van der Waals surface area contributed by atoms with E-state index in [1.54, 1.807) is 7.11 Å². The smallest absolute Gasteiger partial charge is 0.303 e. The molecule has 0 spiro atoms. The average Bonchev–Trinajstić information content (AvgIpc) is 2.40. The molecule has 0 aromatic heterocycles. The zero-order valence-corrected chi connectivity index (χ0v) is 12.3. The highest BCUT2D eigenvalue weighted by Gasteiger charge is 2.40. The SMILES string of the molecule is COC1(CC(=O)N2CCCC(CCC(=O)O)C2)CCC1. The third-order valence-corrected chi connectivity index (χ3v) is 4.81. The Kier molecular flexibility index (Phi) is 5.02. The first kappa shape index (κ1) is 15.3. The zero-order valence-electron chi connectivity index (χ0n) is 12.3. The first-order chi connectivity index (χ1) is 9.54. The lowest BCUT2D eigenvalue weighted by Gasteiger charge is -2.42. The molecule has 5 heteroatoms. The van der Waals surface area contributed by atoms with Gasteiger partial charge < -0.3 is 14.7 Å². The molecule has 1 saturated heterocycles. The number of methoxy groups -OCH3 is 1. The molecule has 1 atom stereocenters. The summed E-state index contributed by atoms with van der Waals surface area (Å²) in [5.41, 5.74) is -0.217. The van der Waals surface area contributed by atoms with Crippen LogP contribution in [0.3, 0.4) is 0 Å². The highest BCUT2D eigenvalue weighted by molar-refractivity contribution is 5.77. The second-order valence-corrected chi connectivity index (χ2v) is 6.20. The minimum absolute atomic E-state index is 0.173. The van der Waals surface area contributed by atoms with Crippen LogP contribution in [0, 0.1) is 5.92 Å². The fourth-order valence-corrected chi connectivity index (χ4v) is 3.27. The quantitative estimate of drug-likeness (QED) is 0.810. The van der Waals surface area contributed by atoms with Gasteiger partial charge in [0.15, 0.2) is 0 Å². The second kappa shape index (κ2) is 6.57. The predicted octanol–water partition coefficient (Wildman–Crippen LogP) is 2.05. The van der Waals surface area contributed by atoms with Crippen LogP contribution in [-0.4, -0.2) is 47.7 Å². The number of amides is 1. The molecule has 0 bridgehead atoms. The monoisotopic (exact) mass is 283 g/mol. The lowest BCUT2D eigenvalue weighted by molar-refractivity contribution is -0.145. The molecular weight excluding hydrogens is 258 g/mol. The Morgan fingerprint density at radius 2 is 2.10 bits per heavy atom. The topological polar surface area (TPSA) is 66.8 Å². The fourth-order valence-electron chi connectivity index (χ4n) is 3.27. The number of piperidine rings is 1. The molecule has 1 aliphatic heterocycles. The second-order valence-electron chi connectivity index (χ2n) is 6.20. The molecule has 1 aliphatic carbocycles. The Labute approximate surface area is 120 Å². The number of carbonyl (C=O) groups excluding carboxylic acids is 1. The summed E-state index contributed by atoms with van der Waals surface area (Å²) in [5, 5.41) is 8.75. The molecule has 114 valence electrons. The largest absolute Gasteiger partial charge is 0.481 e. The minimum atomic E-state index is -0.749. The molecule has 1 saturated carbocycles. The summed E-state index contributed by atoms with van der Waals surface area (Å²) in [6.07, 6.45) is 6.47. The van der Waals surface area contributed by atoms with Gasteiger partial charge in [-0.2, -0.15) is 0 Å². The Bertz CT molecular complexity index is 359. The first-order valence-electron chi connectivity index (χ1n) is 7.59. The van der Waals surface area contributed by atoms with Gasteiger partial charge in [-0.1, -0.05) is 0 Å². The number of carbonyl (C=O) groups is 2. The number of carboxylic acid groups (broad SMARTS) is 1. The van der Waals surface area contributed by atoms with Gasteiger partial charge in [0, 0.05) is 26.6 Å². The van der Waals surface area contributed by atoms with E-state index in [2.05, 4.69) is 0 Å². The van der Waals surface area contributed by atoms with Crippen LogP contribution in [-0.2, 0) is 14.3 Å². The molecule has 1 unspecified atom stereocenters. The maximum atomic E-state index is 12.4. The molecule has 2 aliphatic rings. The molecule has 1 amide bonds. The van der Waals surface area contributed by atoms with Crippen molar-refractivity contribution in [2.24, 2.45) is 5.92 Å². The third kappa shape index (κ3) is 3.72. The Morgan fingerprint density at radius 3 is 2.65 bits per heavy atom. The Balaban J connectivity index is 1.82. The van der Waals surface area contributed by atoms with Gasteiger partial charge in [-0.05, 0) is 44.4 Å². The van der Waals surface area contributed by atoms with Crippen molar-refractivity contribution in [1.29, 1.82) is 0 Å². The van der Waals surface area contributed by atoms with Crippen molar-refractivity contribution in [2.75, 3.05) is 20.2 Å². The summed E-state index contributed by atoms with van der Waals surface area (Å²) >= 11 is 0. The van der Waals surface area contributed by atoms with E-state index in [1.807, 2.05) is 4.90 Å². The van der Waals surface area contributed by atoms with Crippen molar-refractivity contribution in [1.82, 2.24) is 4.90 Å². The average molecular weight is 283 g/mol. The van der Waals surface area contributed by atoms with Gasteiger partial charge >= 0.3 is 5.97 Å². The molecular formula is C15H25NO4. The van der Waals surface area contributed by atoms with E-state index in [4.69, 9.17) is 9.84 Å². The number of hydrogen-bond acceptors (Lipinski definition) is 3. The van der Waals surface area contributed by atoms with E-state index in [0.29, 0.717) is 25.3 Å². The van der Waals surface area contributed by atoms with Crippen molar-refractivity contribution in [3.05, 3.63) is 0 Å². The van der Waals surface area contributed by atoms with Crippen LogP contribution in [0.25, 0.3) is 0 Å². The van der Waals surface area contributed by atoms with Crippen molar-refractivity contribution in [2.45, 2.75) is 57.0 Å². The van der Waals surface area contributed by atoms with E-state index in [0.717, 1.165) is 38.6 Å². The van der Waals surface area contributed by atoms with Gasteiger partial charge in [0.2, 0.25) is 5.91 Å². The highest BCUT2D eigenvalue weighted by Crippen LogP contribution is 2.38. The number of hydrogen-bond donors (Lipinski definition) is 1. The number of ether oxygens (including phenoxy) is 1. The summed E-state index contributed by atoms with van der Waals surface area (Å²) in [5.74, 6) is -0.239. The van der Waals surface area contributed by atoms with Crippen molar-refractivity contribution < 1.29 is 19.4 Å². The van der Waals surface area contributed by atoms with E-state index in [-0.39, 0.29) is 17.9 Å². The first-order valence-corrected chi connectivity index (χ1v) is 7.59. The zero-order chi connectivity index (χ0) is 14.6. The molecule has 2 fully saturated rings. The van der Waals surface area contributed by atoms with Crippen LogP contribution in [0.15, 0.2) is 0 Å². The summed E-state index contributed by atoms with van der Waals surface area (Å²) in [4.78, 5) is 24.9. The normalized spacial score (nSPS) is 25.1. The lowest BCUT2D eigenvalue weighted by Crippen LogP contribution is -2.47. The molecule has 1 N–H and O–H groups in total. The van der Waals surface area contributed by atoms with Crippen LogP contribution in [0.2, 0.25) is 0 Å². The van der Waals surface area contributed by atoms with Crippen molar-refractivity contribution in [3.8, 4) is 0 Å². The maximum absolute atomic E-state index is 12.4. The van der Waals surface area contributed by atoms with Crippen LogP contribution in [0.5, 0.6) is 0 Å². The van der Waals surface area contributed by atoms with E-state index in [9.17, 15) is 9.59 Å². The number of nitrogens with zero attached hydrogens (tertiary/aromatic N) is 1. The van der Waals surface area contributed by atoms with Crippen LogP contribution >= 0.6 is 0 Å². The van der Waals surface area contributed by atoms with Crippen LogP contribution in [0.1, 0.15) is 51.4 Å². The summed E-state index contributed by atoms with van der Waals surface area (Å²) in [6, 6.07) is 0. The van der Waals surface area contributed by atoms with E-state index >= 15 is 0 Å². The van der Waals surface area contributed by atoms with Gasteiger partial charge in [0.1, 0.15) is 0 Å². The molecule has 0 aromatic rings. The maximum Gasteiger partial charge on any atom is 0.303 e. The number of likely N-dealkylation sites (tertiary alicyclic amines) is 1. The standard InChI is InChI=1S/C15H25NO4/c1-20-15(7-3-8-15)10-13(17)16-9-2-4-12(11-16)5-6-14(18)19/h12H,2-11H2,1H3,(H,18,19).